The minimum absolute atomic E-state index is 0.0451. The number of aliphatic hydroxyl groups excluding tert-OH is 1. The van der Waals surface area contributed by atoms with Gasteiger partial charge in [0.25, 0.3) is 5.91 Å². The van der Waals surface area contributed by atoms with Crippen molar-refractivity contribution in [2.24, 2.45) is 0 Å². The van der Waals surface area contributed by atoms with Gasteiger partial charge in [-0.3, -0.25) is 14.2 Å². The molecule has 3 N–H and O–H groups in total. The number of carbonyl (C=O) groups is 1. The number of piperidine rings is 1. The first-order chi connectivity index (χ1) is 19.4. The number of rotatable bonds is 6. The minimum Gasteiger partial charge on any atom is -0.393 e. The molecular weight excluding hydrogens is 591 g/mol. The summed E-state index contributed by atoms with van der Waals surface area (Å²) in [6.07, 6.45) is -5.78. The van der Waals surface area contributed by atoms with Crippen LogP contribution in [0.15, 0.2) is 29.2 Å². The standard InChI is InChI=1S/C25H21F9N4O4/c1-11(24(30,31)25(32,33)34)35-22(41)14-9-38(18-15(27)6-12(26)7-16(18)28)20-13(19(14)40)8-17(29)21(36-20)37-4-2-23(42,10-39)3-5-37/h6-9,11,39,42H,2-5,10H2,1H3,(H,35,41). The number of carbonyl (C=O) groups excluding carboxylic acids is 1. The molecule has 2 aromatic heterocycles. The van der Waals surface area contributed by atoms with Crippen LogP contribution in [0.1, 0.15) is 30.1 Å². The molecular formula is C25H21F9N4O4. The van der Waals surface area contributed by atoms with Crippen LogP contribution in [0.5, 0.6) is 0 Å². The topological polar surface area (TPSA) is 108 Å². The molecule has 0 aliphatic carbocycles. The molecule has 0 bridgehead atoms. The third-order valence-corrected chi connectivity index (χ3v) is 6.94. The van der Waals surface area contributed by atoms with E-state index >= 15 is 4.39 Å². The van der Waals surface area contributed by atoms with E-state index in [0.29, 0.717) is 23.8 Å². The van der Waals surface area contributed by atoms with E-state index in [1.807, 2.05) is 0 Å². The van der Waals surface area contributed by atoms with Gasteiger partial charge in [0.15, 0.2) is 28.9 Å². The number of benzene rings is 1. The minimum atomic E-state index is -6.09. The van der Waals surface area contributed by atoms with Gasteiger partial charge in [0.1, 0.15) is 17.1 Å². The van der Waals surface area contributed by atoms with Crippen molar-refractivity contribution in [3.05, 3.63) is 63.5 Å². The highest BCUT2D eigenvalue weighted by molar-refractivity contribution is 5.97. The third-order valence-electron chi connectivity index (χ3n) is 6.94. The van der Waals surface area contributed by atoms with Crippen molar-refractivity contribution in [1.82, 2.24) is 14.9 Å². The molecule has 0 spiro atoms. The quantitative estimate of drug-likeness (QED) is 0.368. The molecule has 1 amide bonds. The number of alkyl halides is 5. The van der Waals surface area contributed by atoms with Gasteiger partial charge in [-0.2, -0.15) is 22.0 Å². The highest BCUT2D eigenvalue weighted by Gasteiger charge is 2.61. The van der Waals surface area contributed by atoms with E-state index in [1.165, 1.54) is 10.2 Å². The Morgan fingerprint density at radius 1 is 1.05 bits per heavy atom. The Morgan fingerprint density at radius 2 is 1.62 bits per heavy atom. The predicted molar refractivity (Wildman–Crippen MR) is 129 cm³/mol. The second-order valence-electron chi connectivity index (χ2n) is 9.81. The number of pyridine rings is 2. The molecule has 3 aromatic rings. The van der Waals surface area contributed by atoms with Crippen LogP contribution in [0, 0.1) is 23.3 Å². The fourth-order valence-electron chi connectivity index (χ4n) is 4.44. The van der Waals surface area contributed by atoms with E-state index in [9.17, 15) is 54.9 Å². The first-order valence-corrected chi connectivity index (χ1v) is 12.1. The molecule has 1 unspecified atom stereocenters. The molecule has 1 atom stereocenters. The predicted octanol–water partition coefficient (Wildman–Crippen LogP) is 3.58. The lowest BCUT2D eigenvalue weighted by atomic mass is 9.92. The van der Waals surface area contributed by atoms with Crippen LogP contribution in [0.3, 0.4) is 0 Å². The molecule has 17 heteroatoms. The normalized spacial score (nSPS) is 16.5. The lowest BCUT2D eigenvalue weighted by Gasteiger charge is -2.37. The van der Waals surface area contributed by atoms with Crippen molar-refractivity contribution < 1.29 is 54.5 Å². The molecule has 8 nitrogen and oxygen atoms in total. The molecule has 1 aliphatic rings. The lowest BCUT2D eigenvalue weighted by Crippen LogP contribution is -2.54. The van der Waals surface area contributed by atoms with Gasteiger partial charge in [-0.25, -0.2) is 22.5 Å². The van der Waals surface area contributed by atoms with Gasteiger partial charge in [-0.05, 0) is 25.8 Å². The Kier molecular flexibility index (Phi) is 7.96. The van der Waals surface area contributed by atoms with Gasteiger partial charge in [0.2, 0.25) is 5.43 Å². The summed E-state index contributed by atoms with van der Waals surface area (Å²) in [6.45, 7) is -0.423. The summed E-state index contributed by atoms with van der Waals surface area (Å²) in [7, 11) is 0. The number of nitrogens with one attached hydrogen (secondary N) is 1. The van der Waals surface area contributed by atoms with Crippen LogP contribution in [0.2, 0.25) is 0 Å². The van der Waals surface area contributed by atoms with Crippen LogP contribution in [-0.4, -0.2) is 69.1 Å². The summed E-state index contributed by atoms with van der Waals surface area (Å²) in [5, 5.41) is 20.1. The van der Waals surface area contributed by atoms with E-state index in [-0.39, 0.29) is 38.1 Å². The summed E-state index contributed by atoms with van der Waals surface area (Å²) >= 11 is 0. The number of aliphatic hydroxyl groups is 2. The van der Waals surface area contributed by atoms with Crippen molar-refractivity contribution in [2.45, 2.75) is 43.5 Å². The van der Waals surface area contributed by atoms with Crippen LogP contribution >= 0.6 is 0 Å². The molecule has 1 aromatic carbocycles. The number of hydrogen-bond donors (Lipinski definition) is 3. The van der Waals surface area contributed by atoms with Crippen LogP contribution in [0.4, 0.5) is 45.3 Å². The molecule has 0 saturated carbocycles. The second-order valence-corrected chi connectivity index (χ2v) is 9.81. The SMILES string of the molecule is CC(NC(=O)c1cn(-c2c(F)cc(F)cc2F)c2nc(N3CCC(O)(CO)CC3)c(F)cc2c1=O)C(F)(F)C(F)(F)F. The van der Waals surface area contributed by atoms with Crippen molar-refractivity contribution >= 4 is 22.8 Å². The fraction of sp³-hybridized carbons (Fsp3) is 0.400. The van der Waals surface area contributed by atoms with Crippen molar-refractivity contribution in [1.29, 1.82) is 0 Å². The lowest BCUT2D eigenvalue weighted by molar-refractivity contribution is -0.290. The smallest absolute Gasteiger partial charge is 0.393 e. The number of nitrogens with zero attached hydrogens (tertiary/aromatic N) is 3. The molecule has 1 saturated heterocycles. The van der Waals surface area contributed by atoms with E-state index < -0.39 is 93.1 Å². The first-order valence-electron chi connectivity index (χ1n) is 12.1. The maximum absolute atomic E-state index is 15.2. The highest BCUT2D eigenvalue weighted by atomic mass is 19.4. The summed E-state index contributed by atoms with van der Waals surface area (Å²) in [5.74, 6) is -13.5. The Hall–Kier alpha value is -3.86. The summed E-state index contributed by atoms with van der Waals surface area (Å²) < 4.78 is 125. The molecule has 228 valence electrons. The molecule has 0 radical (unpaired) electrons. The van der Waals surface area contributed by atoms with E-state index in [2.05, 4.69) is 4.98 Å². The van der Waals surface area contributed by atoms with Gasteiger partial charge < -0.3 is 20.4 Å². The molecule has 4 rings (SSSR count). The highest BCUT2D eigenvalue weighted by Crippen LogP contribution is 2.38. The maximum atomic E-state index is 15.2. The van der Waals surface area contributed by atoms with Gasteiger partial charge in [0, 0.05) is 31.4 Å². The van der Waals surface area contributed by atoms with E-state index in [4.69, 9.17) is 0 Å². The van der Waals surface area contributed by atoms with Crippen LogP contribution in [0.25, 0.3) is 16.7 Å². The molecule has 3 heterocycles. The molecule has 1 fully saturated rings. The van der Waals surface area contributed by atoms with Gasteiger partial charge in [0.05, 0.1) is 23.6 Å². The van der Waals surface area contributed by atoms with Gasteiger partial charge in [-0.15, -0.1) is 0 Å². The van der Waals surface area contributed by atoms with Gasteiger partial charge >= 0.3 is 12.1 Å². The summed E-state index contributed by atoms with van der Waals surface area (Å²) in [6, 6.07) is -1.95. The first kappa shape index (κ1) is 31.1. The number of halogens is 9. The Balaban J connectivity index is 1.91. The maximum Gasteiger partial charge on any atom is 0.455 e. The number of hydrogen-bond acceptors (Lipinski definition) is 6. The van der Waals surface area contributed by atoms with E-state index in [0.717, 1.165) is 0 Å². The zero-order valence-electron chi connectivity index (χ0n) is 21.4. The molecule has 1 aliphatic heterocycles. The zero-order valence-corrected chi connectivity index (χ0v) is 21.4. The number of fused-ring (bicyclic) bond motifs is 1. The van der Waals surface area contributed by atoms with Crippen LogP contribution in [-0.2, 0) is 0 Å². The average Bonchev–Trinajstić information content (AvgIpc) is 2.89. The fourth-order valence-corrected chi connectivity index (χ4v) is 4.44. The largest absolute Gasteiger partial charge is 0.455 e. The van der Waals surface area contributed by atoms with Crippen molar-refractivity contribution in [2.75, 3.05) is 24.6 Å². The van der Waals surface area contributed by atoms with Crippen molar-refractivity contribution in [3.8, 4) is 5.69 Å². The number of aromatic nitrogens is 2. The van der Waals surface area contributed by atoms with E-state index in [1.54, 1.807) is 0 Å². The zero-order chi connectivity index (χ0) is 31.4. The van der Waals surface area contributed by atoms with Crippen molar-refractivity contribution in [3.63, 3.8) is 0 Å². The second kappa shape index (κ2) is 10.8. The summed E-state index contributed by atoms with van der Waals surface area (Å²) in [5.41, 5.74) is -5.93. The number of anilines is 1. The Bertz CT molecular complexity index is 1580. The van der Waals surface area contributed by atoms with Crippen LogP contribution < -0.4 is 15.6 Å². The monoisotopic (exact) mass is 612 g/mol. The average molecular weight is 612 g/mol. The molecule has 42 heavy (non-hydrogen) atoms. The summed E-state index contributed by atoms with van der Waals surface area (Å²) in [4.78, 5) is 31.2. The van der Waals surface area contributed by atoms with Gasteiger partial charge in [-0.1, -0.05) is 0 Å². The third kappa shape index (κ3) is 5.49. The Labute approximate surface area is 230 Å². The Morgan fingerprint density at radius 3 is 2.14 bits per heavy atom. The number of amides is 1.